The second-order valence-electron chi connectivity index (χ2n) is 5.35. The average molecular weight is 297 g/mol. The van der Waals surface area contributed by atoms with Gasteiger partial charge in [-0.15, -0.1) is 0 Å². The molecule has 0 N–H and O–H groups in total. The Morgan fingerprint density at radius 3 is 2.86 bits per heavy atom. The molecule has 0 atom stereocenters. The molecule has 3 aromatic heterocycles. The Morgan fingerprint density at radius 2 is 2.14 bits per heavy atom. The molecule has 0 saturated heterocycles. The van der Waals surface area contributed by atoms with Crippen LogP contribution in [0.4, 0.5) is 0 Å². The van der Waals surface area contributed by atoms with Crippen LogP contribution in [0.5, 0.6) is 0 Å². The van der Waals surface area contributed by atoms with Gasteiger partial charge in [-0.25, -0.2) is 4.98 Å². The number of hydrogen-bond acceptors (Lipinski definition) is 4. The molecule has 0 aliphatic rings. The summed E-state index contributed by atoms with van der Waals surface area (Å²) in [7, 11) is 0. The second kappa shape index (κ2) is 6.15. The normalized spacial score (nSPS) is 11.4. The van der Waals surface area contributed by atoms with E-state index in [1.54, 1.807) is 22.9 Å². The Balaban J connectivity index is 1.89. The standard InChI is InChI=1S/C17H19N3O2/c1-3-19(12-15-7-5-9-22-15)11-14-10-16(21)20-8-4-6-13(2)17(20)18-14/h4-10H,3,11-12H2,1-2H3. The molecule has 3 rings (SSSR count). The van der Waals surface area contributed by atoms with E-state index in [0.717, 1.165) is 29.2 Å². The molecule has 0 radical (unpaired) electrons. The summed E-state index contributed by atoms with van der Waals surface area (Å²) in [4.78, 5) is 19.1. The van der Waals surface area contributed by atoms with Gasteiger partial charge in [-0.1, -0.05) is 13.0 Å². The first kappa shape index (κ1) is 14.5. The molecular formula is C17H19N3O2. The lowest BCUT2D eigenvalue weighted by atomic mass is 10.2. The molecule has 0 unspecified atom stereocenters. The molecule has 0 spiro atoms. The zero-order valence-electron chi connectivity index (χ0n) is 12.8. The van der Waals surface area contributed by atoms with E-state index >= 15 is 0 Å². The molecule has 114 valence electrons. The molecule has 3 aromatic rings. The van der Waals surface area contributed by atoms with Crippen LogP contribution in [0.3, 0.4) is 0 Å². The van der Waals surface area contributed by atoms with Crippen LogP contribution in [-0.2, 0) is 13.1 Å². The molecule has 0 amide bonds. The van der Waals surface area contributed by atoms with E-state index in [1.807, 2.05) is 31.2 Å². The second-order valence-corrected chi connectivity index (χ2v) is 5.35. The van der Waals surface area contributed by atoms with Crippen LogP contribution in [0, 0.1) is 6.92 Å². The van der Waals surface area contributed by atoms with Gasteiger partial charge in [0.05, 0.1) is 18.5 Å². The summed E-state index contributed by atoms with van der Waals surface area (Å²) < 4.78 is 6.97. The van der Waals surface area contributed by atoms with Gasteiger partial charge in [-0.2, -0.15) is 0 Å². The molecule has 0 fully saturated rings. The van der Waals surface area contributed by atoms with E-state index in [9.17, 15) is 4.79 Å². The van der Waals surface area contributed by atoms with Gasteiger partial charge in [0.2, 0.25) is 0 Å². The fourth-order valence-electron chi connectivity index (χ4n) is 2.52. The number of pyridine rings is 1. The Kier molecular flexibility index (Phi) is 4.06. The van der Waals surface area contributed by atoms with Crippen LogP contribution in [0.1, 0.15) is 23.9 Å². The van der Waals surface area contributed by atoms with E-state index < -0.39 is 0 Å². The summed E-state index contributed by atoms with van der Waals surface area (Å²) in [6.07, 6.45) is 3.43. The van der Waals surface area contributed by atoms with E-state index in [1.165, 1.54) is 0 Å². The first-order valence-electron chi connectivity index (χ1n) is 7.40. The summed E-state index contributed by atoms with van der Waals surface area (Å²) in [6, 6.07) is 9.27. The maximum absolute atomic E-state index is 12.2. The minimum Gasteiger partial charge on any atom is -0.468 e. The molecule has 5 nitrogen and oxygen atoms in total. The van der Waals surface area contributed by atoms with E-state index in [2.05, 4.69) is 16.8 Å². The van der Waals surface area contributed by atoms with Gasteiger partial charge in [0.1, 0.15) is 11.4 Å². The van der Waals surface area contributed by atoms with Crippen molar-refractivity contribution in [1.82, 2.24) is 14.3 Å². The highest BCUT2D eigenvalue weighted by Crippen LogP contribution is 2.10. The highest BCUT2D eigenvalue weighted by Gasteiger charge is 2.10. The third-order valence-corrected chi connectivity index (χ3v) is 3.73. The molecule has 0 aliphatic carbocycles. The van der Waals surface area contributed by atoms with Crippen LogP contribution < -0.4 is 5.56 Å². The van der Waals surface area contributed by atoms with Crippen molar-refractivity contribution in [3.8, 4) is 0 Å². The number of hydrogen-bond donors (Lipinski definition) is 0. The fourth-order valence-corrected chi connectivity index (χ4v) is 2.52. The number of aryl methyl sites for hydroxylation is 1. The van der Waals surface area contributed by atoms with Gasteiger partial charge in [0.15, 0.2) is 0 Å². The molecular weight excluding hydrogens is 278 g/mol. The maximum atomic E-state index is 12.2. The fraction of sp³-hybridized carbons (Fsp3) is 0.294. The third-order valence-electron chi connectivity index (χ3n) is 3.73. The maximum Gasteiger partial charge on any atom is 0.258 e. The van der Waals surface area contributed by atoms with Crippen molar-refractivity contribution in [2.24, 2.45) is 0 Å². The topological polar surface area (TPSA) is 50.8 Å². The van der Waals surface area contributed by atoms with Crippen LogP contribution in [0.25, 0.3) is 5.65 Å². The summed E-state index contributed by atoms with van der Waals surface area (Å²) in [5.41, 5.74) is 2.46. The van der Waals surface area contributed by atoms with Crippen molar-refractivity contribution in [1.29, 1.82) is 0 Å². The number of fused-ring (bicyclic) bond motifs is 1. The lowest BCUT2D eigenvalue weighted by molar-refractivity contribution is 0.245. The zero-order valence-corrected chi connectivity index (χ0v) is 12.8. The molecule has 5 heteroatoms. The van der Waals surface area contributed by atoms with Gasteiger partial charge in [0, 0.05) is 18.8 Å². The Morgan fingerprint density at radius 1 is 1.27 bits per heavy atom. The number of aromatic nitrogens is 2. The number of furan rings is 1. The quantitative estimate of drug-likeness (QED) is 0.726. The van der Waals surface area contributed by atoms with Crippen LogP contribution in [-0.4, -0.2) is 20.8 Å². The number of nitrogens with zero attached hydrogens (tertiary/aromatic N) is 3. The minimum atomic E-state index is -0.0437. The monoisotopic (exact) mass is 297 g/mol. The van der Waals surface area contributed by atoms with Gasteiger partial charge in [-0.05, 0) is 37.2 Å². The van der Waals surface area contributed by atoms with Crippen molar-refractivity contribution in [3.05, 3.63) is 70.2 Å². The Bertz CT molecular complexity index is 822. The van der Waals surface area contributed by atoms with Crippen molar-refractivity contribution < 1.29 is 4.42 Å². The first-order valence-corrected chi connectivity index (χ1v) is 7.40. The van der Waals surface area contributed by atoms with E-state index in [-0.39, 0.29) is 5.56 Å². The smallest absolute Gasteiger partial charge is 0.258 e. The van der Waals surface area contributed by atoms with Crippen LogP contribution >= 0.6 is 0 Å². The zero-order chi connectivity index (χ0) is 15.5. The van der Waals surface area contributed by atoms with Gasteiger partial charge >= 0.3 is 0 Å². The van der Waals surface area contributed by atoms with Crippen molar-refractivity contribution in [3.63, 3.8) is 0 Å². The van der Waals surface area contributed by atoms with Gasteiger partial charge in [-0.3, -0.25) is 14.1 Å². The SMILES string of the molecule is CCN(Cc1cc(=O)n2cccc(C)c2n1)Cc1ccco1. The number of rotatable bonds is 5. The summed E-state index contributed by atoms with van der Waals surface area (Å²) in [6.45, 7) is 6.24. The van der Waals surface area contributed by atoms with E-state index in [0.29, 0.717) is 13.1 Å². The van der Waals surface area contributed by atoms with Crippen molar-refractivity contribution >= 4 is 5.65 Å². The molecule has 0 bridgehead atoms. The largest absolute Gasteiger partial charge is 0.468 e. The molecule has 22 heavy (non-hydrogen) atoms. The third kappa shape index (κ3) is 2.94. The average Bonchev–Trinajstić information content (AvgIpc) is 3.01. The summed E-state index contributed by atoms with van der Waals surface area (Å²) in [5.74, 6) is 0.913. The molecule has 0 saturated carbocycles. The minimum absolute atomic E-state index is 0.0437. The van der Waals surface area contributed by atoms with Gasteiger partial charge < -0.3 is 4.42 Å². The predicted molar refractivity (Wildman–Crippen MR) is 84.7 cm³/mol. The molecule has 3 heterocycles. The van der Waals surface area contributed by atoms with Crippen molar-refractivity contribution in [2.45, 2.75) is 26.9 Å². The highest BCUT2D eigenvalue weighted by atomic mass is 16.3. The Hall–Kier alpha value is -2.40. The highest BCUT2D eigenvalue weighted by molar-refractivity contribution is 5.46. The van der Waals surface area contributed by atoms with Gasteiger partial charge in [0.25, 0.3) is 5.56 Å². The lowest BCUT2D eigenvalue weighted by Crippen LogP contribution is -2.25. The lowest BCUT2D eigenvalue weighted by Gasteiger charge is -2.18. The predicted octanol–water partition coefficient (Wildman–Crippen LogP) is 2.62. The van der Waals surface area contributed by atoms with Crippen LogP contribution in [0.2, 0.25) is 0 Å². The molecule has 0 aromatic carbocycles. The summed E-state index contributed by atoms with van der Waals surface area (Å²) in [5, 5.41) is 0. The van der Waals surface area contributed by atoms with Crippen LogP contribution in [0.15, 0.2) is 52.0 Å². The van der Waals surface area contributed by atoms with Crippen molar-refractivity contribution in [2.75, 3.05) is 6.54 Å². The molecule has 0 aliphatic heterocycles. The first-order chi connectivity index (χ1) is 10.7. The Labute approximate surface area is 128 Å². The van der Waals surface area contributed by atoms with E-state index in [4.69, 9.17) is 4.42 Å². The summed E-state index contributed by atoms with van der Waals surface area (Å²) >= 11 is 0.